The van der Waals surface area contributed by atoms with Gasteiger partial charge in [-0.05, 0) is 26.2 Å². The summed E-state index contributed by atoms with van der Waals surface area (Å²) >= 11 is 0. The fourth-order valence-corrected chi connectivity index (χ4v) is 2.57. The number of rotatable bonds is 10. The standard InChI is InChI=1S/C14H28N2O3/c1-2-18-7-8-19-11-14(17)9-15-12-5-6-16(10-12)13-3-4-13/h12-15,17H,2-11H2,1H3. The van der Waals surface area contributed by atoms with Gasteiger partial charge in [-0.1, -0.05) is 0 Å². The number of nitrogens with one attached hydrogen (secondary N) is 1. The molecule has 0 aromatic carbocycles. The normalized spacial score (nSPS) is 25.9. The van der Waals surface area contributed by atoms with Crippen molar-refractivity contribution in [3.8, 4) is 0 Å². The molecule has 5 nitrogen and oxygen atoms in total. The third kappa shape index (κ3) is 5.75. The van der Waals surface area contributed by atoms with E-state index in [4.69, 9.17) is 9.47 Å². The maximum Gasteiger partial charge on any atom is 0.0897 e. The Morgan fingerprint density at radius 3 is 2.79 bits per heavy atom. The number of nitrogens with zero attached hydrogens (tertiary/aromatic N) is 1. The van der Waals surface area contributed by atoms with Crippen LogP contribution in [0, 0.1) is 0 Å². The van der Waals surface area contributed by atoms with Gasteiger partial charge < -0.3 is 19.9 Å². The maximum atomic E-state index is 9.81. The molecular formula is C14H28N2O3. The lowest BCUT2D eigenvalue weighted by molar-refractivity contribution is 0.00581. The smallest absolute Gasteiger partial charge is 0.0897 e. The molecule has 1 heterocycles. The quantitative estimate of drug-likeness (QED) is 0.558. The molecule has 0 radical (unpaired) electrons. The first kappa shape index (κ1) is 15.2. The van der Waals surface area contributed by atoms with Crippen LogP contribution in [0.4, 0.5) is 0 Å². The van der Waals surface area contributed by atoms with Gasteiger partial charge in [-0.25, -0.2) is 0 Å². The van der Waals surface area contributed by atoms with E-state index in [0.29, 0.717) is 39.0 Å². The minimum absolute atomic E-state index is 0.388. The van der Waals surface area contributed by atoms with Gasteiger partial charge in [0, 0.05) is 38.3 Å². The third-order valence-electron chi connectivity index (χ3n) is 3.81. The zero-order valence-electron chi connectivity index (χ0n) is 12.0. The molecule has 0 aromatic heterocycles. The van der Waals surface area contributed by atoms with E-state index in [0.717, 1.165) is 12.6 Å². The summed E-state index contributed by atoms with van der Waals surface area (Å²) < 4.78 is 10.5. The summed E-state index contributed by atoms with van der Waals surface area (Å²) in [5, 5.41) is 13.3. The first-order chi connectivity index (χ1) is 9.29. The highest BCUT2D eigenvalue weighted by molar-refractivity contribution is 4.91. The molecule has 1 aliphatic carbocycles. The molecule has 0 aromatic rings. The molecule has 2 unspecified atom stereocenters. The number of hydrogen-bond acceptors (Lipinski definition) is 5. The van der Waals surface area contributed by atoms with Crippen molar-refractivity contribution in [3.05, 3.63) is 0 Å². The molecule has 2 fully saturated rings. The first-order valence-electron chi connectivity index (χ1n) is 7.60. The van der Waals surface area contributed by atoms with Gasteiger partial charge >= 0.3 is 0 Å². The molecule has 112 valence electrons. The fourth-order valence-electron chi connectivity index (χ4n) is 2.57. The molecule has 2 rings (SSSR count). The van der Waals surface area contributed by atoms with Crippen molar-refractivity contribution >= 4 is 0 Å². The van der Waals surface area contributed by atoms with E-state index >= 15 is 0 Å². The van der Waals surface area contributed by atoms with Gasteiger partial charge in [0.25, 0.3) is 0 Å². The van der Waals surface area contributed by atoms with Crippen LogP contribution in [0.15, 0.2) is 0 Å². The van der Waals surface area contributed by atoms with Crippen molar-refractivity contribution in [2.24, 2.45) is 0 Å². The largest absolute Gasteiger partial charge is 0.389 e. The van der Waals surface area contributed by atoms with Crippen LogP contribution < -0.4 is 5.32 Å². The van der Waals surface area contributed by atoms with E-state index in [1.807, 2.05) is 6.92 Å². The first-order valence-corrected chi connectivity index (χ1v) is 7.60. The molecule has 2 N–H and O–H groups in total. The third-order valence-corrected chi connectivity index (χ3v) is 3.81. The molecular weight excluding hydrogens is 244 g/mol. The lowest BCUT2D eigenvalue weighted by Crippen LogP contribution is -2.39. The Morgan fingerprint density at radius 2 is 2.05 bits per heavy atom. The molecule has 5 heteroatoms. The topological polar surface area (TPSA) is 54.0 Å². The second-order valence-corrected chi connectivity index (χ2v) is 5.55. The molecule has 2 atom stereocenters. The lowest BCUT2D eigenvalue weighted by atomic mass is 10.2. The second kappa shape index (κ2) is 8.17. The SMILES string of the molecule is CCOCCOCC(O)CNC1CCN(C2CC2)C1. The van der Waals surface area contributed by atoms with Crippen molar-refractivity contribution in [3.63, 3.8) is 0 Å². The summed E-state index contributed by atoms with van der Waals surface area (Å²) in [6.07, 6.45) is 3.54. The molecule has 1 saturated heterocycles. The summed E-state index contributed by atoms with van der Waals surface area (Å²) in [6, 6.07) is 1.40. The van der Waals surface area contributed by atoms with E-state index < -0.39 is 6.10 Å². The highest BCUT2D eigenvalue weighted by Gasteiger charge is 2.34. The average molecular weight is 272 g/mol. The summed E-state index contributed by atoms with van der Waals surface area (Å²) in [7, 11) is 0. The van der Waals surface area contributed by atoms with E-state index in [9.17, 15) is 5.11 Å². The van der Waals surface area contributed by atoms with Crippen LogP contribution >= 0.6 is 0 Å². The second-order valence-electron chi connectivity index (χ2n) is 5.55. The number of aliphatic hydroxyl groups excluding tert-OH is 1. The van der Waals surface area contributed by atoms with Gasteiger partial charge in [-0.3, -0.25) is 4.90 Å². The van der Waals surface area contributed by atoms with Crippen molar-refractivity contribution in [1.29, 1.82) is 0 Å². The summed E-state index contributed by atoms with van der Waals surface area (Å²) in [5.41, 5.74) is 0. The Kier molecular flexibility index (Phi) is 6.53. The van der Waals surface area contributed by atoms with Gasteiger partial charge in [0.05, 0.1) is 25.9 Å². The number of ether oxygens (including phenoxy) is 2. The lowest BCUT2D eigenvalue weighted by Gasteiger charge is -2.18. The molecule has 0 spiro atoms. The van der Waals surface area contributed by atoms with Crippen LogP contribution in [-0.2, 0) is 9.47 Å². The highest BCUT2D eigenvalue weighted by atomic mass is 16.5. The van der Waals surface area contributed by atoms with Crippen LogP contribution in [0.25, 0.3) is 0 Å². The van der Waals surface area contributed by atoms with Crippen LogP contribution in [-0.4, -0.2) is 74.3 Å². The van der Waals surface area contributed by atoms with Crippen molar-refractivity contribution < 1.29 is 14.6 Å². The Labute approximate surface area is 116 Å². The van der Waals surface area contributed by atoms with Crippen LogP contribution in [0.5, 0.6) is 0 Å². The predicted octanol–water partition coefficient (Wildman–Crippen LogP) is 0.227. The maximum absolute atomic E-state index is 9.81. The summed E-state index contributed by atoms with van der Waals surface area (Å²) in [5.74, 6) is 0. The average Bonchev–Trinajstić information content (AvgIpc) is 3.15. The predicted molar refractivity (Wildman–Crippen MR) is 74.3 cm³/mol. The zero-order valence-corrected chi connectivity index (χ0v) is 12.0. The Balaban J connectivity index is 1.46. The minimum Gasteiger partial charge on any atom is -0.389 e. The highest BCUT2D eigenvalue weighted by Crippen LogP contribution is 2.29. The molecule has 1 aliphatic heterocycles. The Hall–Kier alpha value is -0.200. The van der Waals surface area contributed by atoms with Crippen molar-refractivity contribution in [1.82, 2.24) is 10.2 Å². The van der Waals surface area contributed by atoms with Gasteiger partial charge in [-0.2, -0.15) is 0 Å². The Bertz CT molecular complexity index is 249. The summed E-state index contributed by atoms with van der Waals surface area (Å²) in [4.78, 5) is 2.57. The van der Waals surface area contributed by atoms with Gasteiger partial charge in [-0.15, -0.1) is 0 Å². The van der Waals surface area contributed by atoms with Gasteiger partial charge in [0.2, 0.25) is 0 Å². The molecule has 0 bridgehead atoms. The van der Waals surface area contributed by atoms with Crippen molar-refractivity contribution in [2.75, 3.05) is 46.1 Å². The summed E-state index contributed by atoms with van der Waals surface area (Å²) in [6.45, 7) is 7.21. The zero-order chi connectivity index (χ0) is 13.5. The van der Waals surface area contributed by atoms with Gasteiger partial charge in [0.1, 0.15) is 0 Å². The van der Waals surface area contributed by atoms with E-state index in [-0.39, 0.29) is 0 Å². The fraction of sp³-hybridized carbons (Fsp3) is 1.00. The number of hydrogen-bond donors (Lipinski definition) is 2. The van der Waals surface area contributed by atoms with E-state index in [1.165, 1.54) is 25.8 Å². The number of likely N-dealkylation sites (tertiary alicyclic amines) is 1. The number of aliphatic hydroxyl groups is 1. The van der Waals surface area contributed by atoms with Crippen LogP contribution in [0.2, 0.25) is 0 Å². The minimum atomic E-state index is -0.420. The van der Waals surface area contributed by atoms with Crippen LogP contribution in [0.3, 0.4) is 0 Å². The molecule has 1 saturated carbocycles. The Morgan fingerprint density at radius 1 is 1.26 bits per heavy atom. The van der Waals surface area contributed by atoms with Crippen LogP contribution in [0.1, 0.15) is 26.2 Å². The van der Waals surface area contributed by atoms with E-state index in [1.54, 1.807) is 0 Å². The monoisotopic (exact) mass is 272 g/mol. The molecule has 19 heavy (non-hydrogen) atoms. The molecule has 0 amide bonds. The van der Waals surface area contributed by atoms with Gasteiger partial charge in [0.15, 0.2) is 0 Å². The van der Waals surface area contributed by atoms with Crippen molar-refractivity contribution in [2.45, 2.75) is 44.4 Å². The van der Waals surface area contributed by atoms with E-state index in [2.05, 4.69) is 10.2 Å². The molecule has 2 aliphatic rings.